The van der Waals surface area contributed by atoms with Crippen molar-refractivity contribution in [2.75, 3.05) is 6.61 Å². The van der Waals surface area contributed by atoms with E-state index >= 15 is 0 Å². The molecule has 116 valence electrons. The van der Waals surface area contributed by atoms with E-state index in [9.17, 15) is 12.8 Å². The van der Waals surface area contributed by atoms with Gasteiger partial charge in [-0.05, 0) is 30.2 Å². The molecule has 0 fully saturated rings. The van der Waals surface area contributed by atoms with E-state index in [0.717, 1.165) is 11.8 Å². The number of rotatable bonds is 4. The van der Waals surface area contributed by atoms with Gasteiger partial charge in [0.1, 0.15) is 16.5 Å². The highest BCUT2D eigenvalue weighted by Gasteiger charge is 2.26. The Morgan fingerprint density at radius 1 is 1.36 bits per heavy atom. The van der Waals surface area contributed by atoms with Gasteiger partial charge in [0.05, 0.1) is 12.8 Å². The lowest BCUT2D eigenvalue weighted by atomic mass is 10.2. The number of pyridine rings is 1. The highest BCUT2D eigenvalue weighted by atomic mass is 32.2. The second-order valence-corrected chi connectivity index (χ2v) is 6.80. The van der Waals surface area contributed by atoms with Crippen LogP contribution in [0, 0.1) is 5.82 Å². The maximum atomic E-state index is 13.2. The van der Waals surface area contributed by atoms with Gasteiger partial charge in [0.15, 0.2) is 0 Å². The van der Waals surface area contributed by atoms with E-state index in [1.54, 1.807) is 13.0 Å². The molecule has 0 spiro atoms. The molecule has 0 radical (unpaired) electrons. The van der Waals surface area contributed by atoms with E-state index in [0.29, 0.717) is 24.3 Å². The molecule has 0 amide bonds. The number of hydrogen-bond donors (Lipinski definition) is 1. The van der Waals surface area contributed by atoms with Gasteiger partial charge in [0, 0.05) is 18.7 Å². The quantitative estimate of drug-likeness (QED) is 0.937. The monoisotopic (exact) mass is 322 g/mol. The van der Waals surface area contributed by atoms with Gasteiger partial charge in [-0.1, -0.05) is 12.1 Å². The Morgan fingerprint density at radius 2 is 2.18 bits per heavy atom. The third-order valence-corrected chi connectivity index (χ3v) is 5.09. The standard InChI is InChI=1S/C15H15FN2O3S/c1-10(12-7-13(16)9-17-8-12)18-22(19,20)14-4-2-3-11-5-6-21-15(11)14/h2-4,7-10,18H,5-6H2,1H3/t10-/m1/s1. The minimum atomic E-state index is -3.77. The molecule has 3 rings (SSSR count). The van der Waals surface area contributed by atoms with Crippen molar-refractivity contribution in [3.05, 3.63) is 53.6 Å². The summed E-state index contributed by atoms with van der Waals surface area (Å²) >= 11 is 0. The summed E-state index contributed by atoms with van der Waals surface area (Å²) in [6.07, 6.45) is 3.20. The predicted molar refractivity (Wildman–Crippen MR) is 78.6 cm³/mol. The van der Waals surface area contributed by atoms with Gasteiger partial charge in [0.2, 0.25) is 10.0 Å². The van der Waals surface area contributed by atoms with E-state index in [2.05, 4.69) is 9.71 Å². The number of ether oxygens (including phenoxy) is 1. The van der Waals surface area contributed by atoms with Gasteiger partial charge in [0.25, 0.3) is 0 Å². The van der Waals surface area contributed by atoms with Crippen LogP contribution in [0.3, 0.4) is 0 Å². The van der Waals surface area contributed by atoms with E-state index in [1.807, 2.05) is 6.07 Å². The molecule has 1 aliphatic rings. The second kappa shape index (κ2) is 5.66. The molecule has 0 aliphatic carbocycles. The fourth-order valence-corrected chi connectivity index (χ4v) is 3.85. The normalized spacial score (nSPS) is 15.2. The third kappa shape index (κ3) is 2.82. The van der Waals surface area contributed by atoms with Crippen molar-refractivity contribution in [1.82, 2.24) is 9.71 Å². The Balaban J connectivity index is 1.90. The van der Waals surface area contributed by atoms with Crippen LogP contribution >= 0.6 is 0 Å². The predicted octanol–water partition coefficient (Wildman–Crippen LogP) is 2.20. The zero-order valence-electron chi connectivity index (χ0n) is 11.9. The van der Waals surface area contributed by atoms with E-state index < -0.39 is 21.9 Å². The van der Waals surface area contributed by atoms with E-state index in [4.69, 9.17) is 4.74 Å². The molecule has 0 unspecified atom stereocenters. The van der Waals surface area contributed by atoms with Crippen molar-refractivity contribution < 1.29 is 17.5 Å². The Labute approximate surface area is 128 Å². The minimum Gasteiger partial charge on any atom is -0.492 e. The number of sulfonamides is 1. The average Bonchev–Trinajstić information content (AvgIpc) is 2.94. The lowest BCUT2D eigenvalue weighted by Crippen LogP contribution is -2.27. The number of benzene rings is 1. The van der Waals surface area contributed by atoms with Crippen LogP contribution < -0.4 is 9.46 Å². The minimum absolute atomic E-state index is 0.110. The summed E-state index contributed by atoms with van der Waals surface area (Å²) in [6.45, 7) is 2.11. The summed E-state index contributed by atoms with van der Waals surface area (Å²) in [7, 11) is -3.77. The fraction of sp³-hybridized carbons (Fsp3) is 0.267. The van der Waals surface area contributed by atoms with Gasteiger partial charge in [-0.15, -0.1) is 0 Å². The van der Waals surface area contributed by atoms with Crippen LogP contribution in [0.15, 0.2) is 41.6 Å². The summed E-state index contributed by atoms with van der Waals surface area (Å²) in [4.78, 5) is 3.84. The first-order valence-electron chi connectivity index (χ1n) is 6.85. The highest BCUT2D eigenvalue weighted by Crippen LogP contribution is 2.33. The summed E-state index contributed by atoms with van der Waals surface area (Å²) in [5, 5.41) is 0. The molecule has 2 heterocycles. The maximum Gasteiger partial charge on any atom is 0.244 e. The van der Waals surface area contributed by atoms with E-state index in [-0.39, 0.29) is 4.90 Å². The lowest BCUT2D eigenvalue weighted by Gasteiger charge is -2.16. The van der Waals surface area contributed by atoms with E-state index in [1.165, 1.54) is 18.3 Å². The van der Waals surface area contributed by atoms with Crippen LogP contribution in [-0.2, 0) is 16.4 Å². The number of nitrogens with one attached hydrogen (secondary N) is 1. The summed E-state index contributed by atoms with van der Waals surface area (Å²) in [6, 6.07) is 5.69. The third-order valence-electron chi connectivity index (χ3n) is 3.53. The Morgan fingerprint density at radius 3 is 2.95 bits per heavy atom. The van der Waals surface area contributed by atoms with Crippen LogP contribution in [0.25, 0.3) is 0 Å². The number of halogens is 1. The largest absolute Gasteiger partial charge is 0.492 e. The first-order chi connectivity index (χ1) is 10.5. The summed E-state index contributed by atoms with van der Waals surface area (Å²) in [5.74, 6) is -0.105. The first-order valence-corrected chi connectivity index (χ1v) is 8.33. The van der Waals surface area contributed by atoms with Gasteiger partial charge in [-0.3, -0.25) is 4.98 Å². The molecule has 1 aliphatic heterocycles. The molecule has 1 aromatic carbocycles. The topological polar surface area (TPSA) is 68.3 Å². The zero-order chi connectivity index (χ0) is 15.7. The Bertz CT molecular complexity index is 808. The molecule has 1 aromatic heterocycles. The molecule has 2 aromatic rings. The SMILES string of the molecule is C[C@@H](NS(=O)(=O)c1cccc2c1OCC2)c1cncc(F)c1. The van der Waals surface area contributed by atoms with Crippen molar-refractivity contribution >= 4 is 10.0 Å². The molecule has 22 heavy (non-hydrogen) atoms. The lowest BCUT2D eigenvalue weighted by molar-refractivity contribution is 0.348. The molecular weight excluding hydrogens is 307 g/mol. The number of fused-ring (bicyclic) bond motifs is 1. The zero-order valence-corrected chi connectivity index (χ0v) is 12.7. The van der Waals surface area contributed by atoms with Crippen LogP contribution in [0.2, 0.25) is 0 Å². The molecule has 0 saturated heterocycles. The van der Waals surface area contributed by atoms with Crippen LogP contribution in [-0.4, -0.2) is 20.0 Å². The smallest absolute Gasteiger partial charge is 0.244 e. The van der Waals surface area contributed by atoms with Gasteiger partial charge in [-0.25, -0.2) is 17.5 Å². The van der Waals surface area contributed by atoms with Gasteiger partial charge < -0.3 is 4.74 Å². The fourth-order valence-electron chi connectivity index (χ4n) is 2.43. The first kappa shape index (κ1) is 14.9. The average molecular weight is 322 g/mol. The molecule has 1 N–H and O–H groups in total. The molecule has 1 atom stereocenters. The number of aromatic nitrogens is 1. The van der Waals surface area contributed by atoms with Crippen LogP contribution in [0.5, 0.6) is 5.75 Å². The molecule has 0 saturated carbocycles. The maximum absolute atomic E-state index is 13.2. The van der Waals surface area contributed by atoms with Crippen molar-refractivity contribution in [3.8, 4) is 5.75 Å². The molecular formula is C15H15FN2O3S. The van der Waals surface area contributed by atoms with Crippen molar-refractivity contribution in [1.29, 1.82) is 0 Å². The molecule has 0 bridgehead atoms. The Hall–Kier alpha value is -1.99. The van der Waals surface area contributed by atoms with Crippen molar-refractivity contribution in [2.45, 2.75) is 24.3 Å². The summed E-state index contributed by atoms with van der Waals surface area (Å²) < 4.78 is 46.3. The Kier molecular flexibility index (Phi) is 3.84. The van der Waals surface area contributed by atoms with Crippen molar-refractivity contribution in [2.24, 2.45) is 0 Å². The van der Waals surface area contributed by atoms with Crippen LogP contribution in [0.4, 0.5) is 4.39 Å². The number of hydrogen-bond acceptors (Lipinski definition) is 4. The highest BCUT2D eigenvalue weighted by molar-refractivity contribution is 7.89. The molecule has 5 nitrogen and oxygen atoms in total. The summed E-state index contributed by atoms with van der Waals surface area (Å²) in [5.41, 5.74) is 1.33. The van der Waals surface area contributed by atoms with Gasteiger partial charge in [-0.2, -0.15) is 0 Å². The second-order valence-electron chi connectivity index (χ2n) is 5.12. The number of nitrogens with zero attached hydrogens (tertiary/aromatic N) is 1. The molecule has 7 heteroatoms. The van der Waals surface area contributed by atoms with Crippen molar-refractivity contribution in [3.63, 3.8) is 0 Å². The number of para-hydroxylation sites is 1. The van der Waals surface area contributed by atoms with Gasteiger partial charge >= 0.3 is 0 Å². The van der Waals surface area contributed by atoms with Crippen LogP contribution in [0.1, 0.15) is 24.1 Å².